The van der Waals surface area contributed by atoms with Crippen LogP contribution in [-0.4, -0.2) is 18.0 Å². The summed E-state index contributed by atoms with van der Waals surface area (Å²) in [5.74, 6) is 0.824. The molecule has 1 aliphatic heterocycles. The van der Waals surface area contributed by atoms with Crippen molar-refractivity contribution >= 4 is 17.5 Å². The predicted molar refractivity (Wildman–Crippen MR) is 80.6 cm³/mol. The normalized spacial score (nSPS) is 28.9. The number of nitrogens with one attached hydrogen (secondary N) is 2. The molecule has 3 rings (SSSR count). The van der Waals surface area contributed by atoms with E-state index in [9.17, 15) is 4.79 Å². The van der Waals surface area contributed by atoms with Crippen LogP contribution in [0.5, 0.6) is 0 Å². The van der Waals surface area contributed by atoms with Crippen LogP contribution in [0.15, 0.2) is 24.3 Å². The Morgan fingerprint density at radius 3 is 3.00 bits per heavy atom. The van der Waals surface area contributed by atoms with Gasteiger partial charge in [-0.1, -0.05) is 36.6 Å². The summed E-state index contributed by atoms with van der Waals surface area (Å²) in [4.78, 5) is 12.2. The summed E-state index contributed by atoms with van der Waals surface area (Å²) in [5.41, 5.74) is 1.04. The number of benzene rings is 1. The SMILES string of the molecule is O=C(NCc1cccc(Cl)c1)C1CC2CCCCC2N1. The molecule has 0 bridgehead atoms. The van der Waals surface area contributed by atoms with Crippen LogP contribution in [0.2, 0.25) is 5.02 Å². The number of carbonyl (C=O) groups excluding carboxylic acids is 1. The van der Waals surface area contributed by atoms with E-state index >= 15 is 0 Å². The molecule has 3 unspecified atom stereocenters. The van der Waals surface area contributed by atoms with Crippen LogP contribution in [0.1, 0.15) is 37.7 Å². The van der Waals surface area contributed by atoms with Gasteiger partial charge in [0.2, 0.25) is 5.91 Å². The highest BCUT2D eigenvalue weighted by Crippen LogP contribution is 2.33. The van der Waals surface area contributed by atoms with Gasteiger partial charge in [-0.2, -0.15) is 0 Å². The maximum Gasteiger partial charge on any atom is 0.237 e. The van der Waals surface area contributed by atoms with Gasteiger partial charge in [0.25, 0.3) is 0 Å². The number of fused-ring (bicyclic) bond motifs is 1. The third-order valence-corrected chi connectivity index (χ3v) is 4.77. The second-order valence-electron chi connectivity index (χ2n) is 5.95. The molecular formula is C16H21ClN2O. The lowest BCUT2D eigenvalue weighted by atomic mass is 9.85. The molecule has 1 aromatic carbocycles. The Balaban J connectivity index is 1.52. The molecular weight excluding hydrogens is 272 g/mol. The molecule has 3 nitrogen and oxygen atoms in total. The lowest BCUT2D eigenvalue weighted by molar-refractivity contribution is -0.123. The van der Waals surface area contributed by atoms with Crippen LogP contribution in [-0.2, 0) is 11.3 Å². The van der Waals surface area contributed by atoms with E-state index in [2.05, 4.69) is 10.6 Å². The topological polar surface area (TPSA) is 41.1 Å². The predicted octanol–water partition coefficient (Wildman–Crippen LogP) is 2.88. The summed E-state index contributed by atoms with van der Waals surface area (Å²) in [5, 5.41) is 7.23. The zero-order valence-corrected chi connectivity index (χ0v) is 12.3. The summed E-state index contributed by atoms with van der Waals surface area (Å²) in [6.07, 6.45) is 6.11. The minimum atomic E-state index is -0.0118. The Hall–Kier alpha value is -1.06. The van der Waals surface area contributed by atoms with E-state index in [0.717, 1.165) is 12.0 Å². The summed E-state index contributed by atoms with van der Waals surface area (Å²) < 4.78 is 0. The lowest BCUT2D eigenvalue weighted by Gasteiger charge is -2.24. The molecule has 0 aromatic heterocycles. The fourth-order valence-corrected chi connectivity index (χ4v) is 3.69. The number of halogens is 1. The zero-order valence-electron chi connectivity index (χ0n) is 11.6. The van der Waals surface area contributed by atoms with E-state index in [4.69, 9.17) is 11.6 Å². The molecule has 2 aliphatic rings. The Labute approximate surface area is 125 Å². The van der Waals surface area contributed by atoms with Gasteiger partial charge in [-0.25, -0.2) is 0 Å². The van der Waals surface area contributed by atoms with E-state index < -0.39 is 0 Å². The molecule has 108 valence electrons. The van der Waals surface area contributed by atoms with Gasteiger partial charge in [-0.15, -0.1) is 0 Å². The highest BCUT2D eigenvalue weighted by Gasteiger charge is 2.37. The maximum atomic E-state index is 12.2. The number of carbonyl (C=O) groups is 1. The first kappa shape index (κ1) is 13.9. The fourth-order valence-electron chi connectivity index (χ4n) is 3.48. The highest BCUT2D eigenvalue weighted by molar-refractivity contribution is 6.30. The van der Waals surface area contributed by atoms with Gasteiger partial charge >= 0.3 is 0 Å². The van der Waals surface area contributed by atoms with Crippen LogP contribution < -0.4 is 10.6 Å². The van der Waals surface area contributed by atoms with E-state index in [1.165, 1.54) is 25.7 Å². The van der Waals surface area contributed by atoms with E-state index in [0.29, 0.717) is 23.5 Å². The molecule has 0 radical (unpaired) electrons. The van der Waals surface area contributed by atoms with Crippen molar-refractivity contribution in [2.75, 3.05) is 0 Å². The van der Waals surface area contributed by atoms with E-state index in [-0.39, 0.29) is 11.9 Å². The van der Waals surface area contributed by atoms with Crippen LogP contribution in [0, 0.1) is 5.92 Å². The van der Waals surface area contributed by atoms with Crippen molar-refractivity contribution in [3.8, 4) is 0 Å². The maximum absolute atomic E-state index is 12.2. The molecule has 1 saturated heterocycles. The standard InChI is InChI=1S/C16H21ClN2O/c17-13-6-3-4-11(8-13)10-18-16(20)15-9-12-5-1-2-7-14(12)19-15/h3-4,6,8,12,14-15,19H,1-2,5,7,9-10H2,(H,18,20). The van der Waals surface area contributed by atoms with Crippen molar-refractivity contribution in [1.82, 2.24) is 10.6 Å². The molecule has 1 saturated carbocycles. The van der Waals surface area contributed by atoms with Gasteiger partial charge in [0.15, 0.2) is 0 Å². The van der Waals surface area contributed by atoms with Gasteiger partial charge in [-0.05, 0) is 42.9 Å². The lowest BCUT2D eigenvalue weighted by Crippen LogP contribution is -2.42. The van der Waals surface area contributed by atoms with Crippen LogP contribution >= 0.6 is 11.6 Å². The average Bonchev–Trinajstić information content (AvgIpc) is 2.89. The van der Waals surface area contributed by atoms with Gasteiger partial charge < -0.3 is 10.6 Å². The largest absolute Gasteiger partial charge is 0.351 e. The minimum Gasteiger partial charge on any atom is -0.351 e. The molecule has 3 atom stereocenters. The third kappa shape index (κ3) is 3.15. The third-order valence-electron chi connectivity index (χ3n) is 4.54. The van der Waals surface area contributed by atoms with Gasteiger partial charge in [0.05, 0.1) is 6.04 Å². The Bertz CT molecular complexity index is 477. The zero-order chi connectivity index (χ0) is 13.9. The quantitative estimate of drug-likeness (QED) is 0.899. The number of hydrogen-bond donors (Lipinski definition) is 2. The minimum absolute atomic E-state index is 0.0118. The van der Waals surface area contributed by atoms with E-state index in [1.807, 2.05) is 24.3 Å². The van der Waals surface area contributed by atoms with Crippen molar-refractivity contribution in [2.45, 2.75) is 50.7 Å². The first-order valence-corrected chi connectivity index (χ1v) is 7.88. The van der Waals surface area contributed by atoms with Crippen molar-refractivity contribution in [3.63, 3.8) is 0 Å². The molecule has 1 aromatic rings. The Kier molecular flexibility index (Phi) is 4.27. The number of rotatable bonds is 3. The smallest absolute Gasteiger partial charge is 0.237 e. The first-order chi connectivity index (χ1) is 9.72. The molecule has 2 N–H and O–H groups in total. The summed E-state index contributed by atoms with van der Waals surface area (Å²) in [7, 11) is 0. The first-order valence-electron chi connectivity index (χ1n) is 7.50. The van der Waals surface area contributed by atoms with E-state index in [1.54, 1.807) is 0 Å². The van der Waals surface area contributed by atoms with Crippen molar-refractivity contribution in [2.24, 2.45) is 5.92 Å². The molecule has 20 heavy (non-hydrogen) atoms. The van der Waals surface area contributed by atoms with Crippen molar-refractivity contribution in [3.05, 3.63) is 34.9 Å². The molecule has 2 fully saturated rings. The Morgan fingerprint density at radius 2 is 2.20 bits per heavy atom. The van der Waals surface area contributed by atoms with Gasteiger partial charge in [0.1, 0.15) is 0 Å². The highest BCUT2D eigenvalue weighted by atomic mass is 35.5. The van der Waals surface area contributed by atoms with Gasteiger partial charge in [-0.3, -0.25) is 4.79 Å². The molecule has 1 amide bonds. The molecule has 1 aliphatic carbocycles. The summed E-state index contributed by atoms with van der Waals surface area (Å²) in [6.45, 7) is 0.549. The molecule has 4 heteroatoms. The number of amides is 1. The van der Waals surface area contributed by atoms with Crippen LogP contribution in [0.25, 0.3) is 0 Å². The molecule has 1 heterocycles. The second kappa shape index (κ2) is 6.15. The summed E-state index contributed by atoms with van der Waals surface area (Å²) in [6, 6.07) is 8.17. The van der Waals surface area contributed by atoms with Gasteiger partial charge in [0, 0.05) is 17.6 Å². The van der Waals surface area contributed by atoms with Crippen LogP contribution in [0.3, 0.4) is 0 Å². The summed E-state index contributed by atoms with van der Waals surface area (Å²) >= 11 is 5.94. The average molecular weight is 293 g/mol. The molecule has 0 spiro atoms. The van der Waals surface area contributed by atoms with Crippen molar-refractivity contribution < 1.29 is 4.79 Å². The number of hydrogen-bond acceptors (Lipinski definition) is 2. The van der Waals surface area contributed by atoms with Crippen LogP contribution in [0.4, 0.5) is 0 Å². The Morgan fingerprint density at radius 1 is 1.35 bits per heavy atom. The van der Waals surface area contributed by atoms with Crippen molar-refractivity contribution in [1.29, 1.82) is 0 Å². The second-order valence-corrected chi connectivity index (χ2v) is 6.39. The monoisotopic (exact) mass is 292 g/mol. The fraction of sp³-hybridized carbons (Fsp3) is 0.562.